The van der Waals surface area contributed by atoms with Gasteiger partial charge in [-0.3, -0.25) is 4.90 Å². The monoisotopic (exact) mass is 240 g/mol. The molecule has 2 saturated heterocycles. The fourth-order valence-electron chi connectivity index (χ4n) is 3.19. The zero-order valence-corrected chi connectivity index (χ0v) is 11.7. The van der Waals surface area contributed by atoms with E-state index in [4.69, 9.17) is 4.74 Å². The molecule has 2 heterocycles. The third kappa shape index (κ3) is 2.83. The van der Waals surface area contributed by atoms with Crippen molar-refractivity contribution in [3.63, 3.8) is 0 Å². The molecule has 17 heavy (non-hydrogen) atoms. The Morgan fingerprint density at radius 3 is 2.94 bits per heavy atom. The second kappa shape index (κ2) is 5.68. The van der Waals surface area contributed by atoms with E-state index in [-0.39, 0.29) is 0 Å². The summed E-state index contributed by atoms with van der Waals surface area (Å²) in [5, 5.41) is 3.55. The van der Waals surface area contributed by atoms with Crippen LogP contribution in [0.2, 0.25) is 0 Å². The van der Waals surface area contributed by atoms with Crippen LogP contribution in [-0.4, -0.2) is 49.3 Å². The van der Waals surface area contributed by atoms with Gasteiger partial charge in [-0.15, -0.1) is 0 Å². The highest BCUT2D eigenvalue weighted by molar-refractivity contribution is 4.98. The van der Waals surface area contributed by atoms with E-state index in [1.165, 1.54) is 38.9 Å². The topological polar surface area (TPSA) is 24.5 Å². The molecule has 3 unspecified atom stereocenters. The van der Waals surface area contributed by atoms with Gasteiger partial charge in [0, 0.05) is 18.7 Å². The number of hydrogen-bond donors (Lipinski definition) is 1. The summed E-state index contributed by atoms with van der Waals surface area (Å²) in [6.07, 6.45) is 4.17. The average Bonchev–Trinajstić information content (AvgIpc) is 2.89. The number of nitrogens with zero attached hydrogens (tertiary/aromatic N) is 1. The minimum absolute atomic E-state index is 0.291. The smallest absolute Gasteiger partial charge is 0.0728 e. The minimum atomic E-state index is 0.291. The lowest BCUT2D eigenvalue weighted by Gasteiger charge is -2.38. The Balaban J connectivity index is 1.81. The normalized spacial score (nSPS) is 39.0. The van der Waals surface area contributed by atoms with Crippen LogP contribution in [0.25, 0.3) is 0 Å². The Kier molecular flexibility index (Phi) is 4.45. The number of nitrogens with one attached hydrogen (secondary N) is 1. The summed E-state index contributed by atoms with van der Waals surface area (Å²) in [7, 11) is 0. The van der Waals surface area contributed by atoms with E-state index >= 15 is 0 Å². The Labute approximate surface area is 106 Å². The second-order valence-electron chi connectivity index (χ2n) is 5.93. The molecule has 100 valence electrons. The molecule has 3 atom stereocenters. The van der Waals surface area contributed by atoms with E-state index in [1.54, 1.807) is 0 Å². The van der Waals surface area contributed by atoms with Gasteiger partial charge in [-0.1, -0.05) is 6.92 Å². The zero-order chi connectivity index (χ0) is 12.3. The lowest BCUT2D eigenvalue weighted by molar-refractivity contribution is 0.0311. The maximum atomic E-state index is 5.76. The van der Waals surface area contributed by atoms with Gasteiger partial charge in [0.2, 0.25) is 0 Å². The number of likely N-dealkylation sites (tertiary alicyclic amines) is 1. The van der Waals surface area contributed by atoms with Crippen LogP contribution < -0.4 is 5.32 Å². The number of hydrogen-bond acceptors (Lipinski definition) is 3. The van der Waals surface area contributed by atoms with Crippen LogP contribution in [0, 0.1) is 5.92 Å². The maximum Gasteiger partial charge on any atom is 0.0728 e. The van der Waals surface area contributed by atoms with Gasteiger partial charge in [0.15, 0.2) is 0 Å². The van der Waals surface area contributed by atoms with Crippen molar-refractivity contribution < 1.29 is 4.74 Å². The Morgan fingerprint density at radius 1 is 1.47 bits per heavy atom. The largest absolute Gasteiger partial charge is 0.377 e. The zero-order valence-electron chi connectivity index (χ0n) is 11.7. The van der Waals surface area contributed by atoms with Crippen LogP contribution in [0.15, 0.2) is 0 Å². The first-order valence-corrected chi connectivity index (χ1v) is 7.24. The van der Waals surface area contributed by atoms with E-state index in [0.717, 1.165) is 19.1 Å². The summed E-state index contributed by atoms with van der Waals surface area (Å²) in [5.74, 6) is 0.839. The molecule has 1 N–H and O–H groups in total. The molecule has 0 bridgehead atoms. The van der Waals surface area contributed by atoms with Crippen molar-refractivity contribution in [1.29, 1.82) is 0 Å². The van der Waals surface area contributed by atoms with Crippen molar-refractivity contribution in [3.05, 3.63) is 0 Å². The predicted octanol–water partition coefficient (Wildman–Crippen LogP) is 1.88. The fraction of sp³-hybridized carbons (Fsp3) is 1.00. The predicted molar refractivity (Wildman–Crippen MR) is 71.3 cm³/mol. The molecular weight excluding hydrogens is 212 g/mol. The van der Waals surface area contributed by atoms with Crippen LogP contribution in [-0.2, 0) is 4.74 Å². The van der Waals surface area contributed by atoms with Crippen LogP contribution >= 0.6 is 0 Å². The van der Waals surface area contributed by atoms with Crippen molar-refractivity contribution in [2.45, 2.75) is 51.7 Å². The highest BCUT2D eigenvalue weighted by Crippen LogP contribution is 2.35. The first kappa shape index (κ1) is 13.3. The summed E-state index contributed by atoms with van der Waals surface area (Å²) in [6, 6.07) is 0. The number of rotatable bonds is 5. The van der Waals surface area contributed by atoms with Gasteiger partial charge in [-0.2, -0.15) is 0 Å². The van der Waals surface area contributed by atoms with Crippen molar-refractivity contribution >= 4 is 0 Å². The molecule has 0 aromatic carbocycles. The molecule has 0 radical (unpaired) electrons. The quantitative estimate of drug-likeness (QED) is 0.743. The van der Waals surface area contributed by atoms with Crippen LogP contribution in [0.5, 0.6) is 0 Å². The van der Waals surface area contributed by atoms with Crippen molar-refractivity contribution in [2.24, 2.45) is 5.92 Å². The van der Waals surface area contributed by atoms with E-state index in [1.807, 2.05) is 0 Å². The molecule has 0 amide bonds. The summed E-state index contributed by atoms with van der Waals surface area (Å²) in [4.78, 5) is 2.67. The minimum Gasteiger partial charge on any atom is -0.377 e. The summed E-state index contributed by atoms with van der Waals surface area (Å²) in [5.41, 5.74) is 0.291. The lowest BCUT2D eigenvalue weighted by atomic mass is 9.92. The van der Waals surface area contributed by atoms with Crippen LogP contribution in [0.1, 0.15) is 40.0 Å². The third-order valence-electron chi connectivity index (χ3n) is 4.72. The summed E-state index contributed by atoms with van der Waals surface area (Å²) >= 11 is 0. The molecule has 0 aromatic heterocycles. The van der Waals surface area contributed by atoms with Gasteiger partial charge in [-0.05, 0) is 58.7 Å². The highest BCUT2D eigenvalue weighted by atomic mass is 16.5. The average molecular weight is 240 g/mol. The van der Waals surface area contributed by atoms with Gasteiger partial charge in [0.05, 0.1) is 6.10 Å². The molecule has 2 aliphatic rings. The molecule has 3 heteroatoms. The molecule has 2 rings (SSSR count). The highest BCUT2D eigenvalue weighted by Gasteiger charge is 2.44. The van der Waals surface area contributed by atoms with E-state index in [0.29, 0.717) is 11.6 Å². The van der Waals surface area contributed by atoms with Crippen LogP contribution in [0.4, 0.5) is 0 Å². The van der Waals surface area contributed by atoms with Gasteiger partial charge in [-0.25, -0.2) is 0 Å². The van der Waals surface area contributed by atoms with Gasteiger partial charge < -0.3 is 10.1 Å². The van der Waals surface area contributed by atoms with Crippen molar-refractivity contribution in [3.8, 4) is 0 Å². The molecule has 2 fully saturated rings. The standard InChI is InChI=1S/C14H28N2O/c1-4-7-15-10-13-5-8-16(11-13)14(3)6-9-17-12(14)2/h12-13,15H,4-11H2,1-3H3. The molecular formula is C14H28N2O. The van der Waals surface area contributed by atoms with E-state index in [9.17, 15) is 0 Å². The van der Waals surface area contributed by atoms with E-state index < -0.39 is 0 Å². The summed E-state index contributed by atoms with van der Waals surface area (Å²) in [6.45, 7) is 12.6. The van der Waals surface area contributed by atoms with Crippen LogP contribution in [0.3, 0.4) is 0 Å². The lowest BCUT2D eigenvalue weighted by Crippen LogP contribution is -2.50. The second-order valence-corrected chi connectivity index (χ2v) is 5.93. The Hall–Kier alpha value is -0.120. The fourth-order valence-corrected chi connectivity index (χ4v) is 3.19. The van der Waals surface area contributed by atoms with Gasteiger partial charge in [0.1, 0.15) is 0 Å². The van der Waals surface area contributed by atoms with Crippen molar-refractivity contribution in [1.82, 2.24) is 10.2 Å². The molecule has 0 aromatic rings. The number of ether oxygens (including phenoxy) is 1. The molecule has 0 saturated carbocycles. The molecule has 3 nitrogen and oxygen atoms in total. The molecule has 2 aliphatic heterocycles. The SMILES string of the molecule is CCCNCC1CCN(C2(C)CCOC2C)C1. The first-order chi connectivity index (χ1) is 8.16. The van der Waals surface area contributed by atoms with Gasteiger partial charge >= 0.3 is 0 Å². The first-order valence-electron chi connectivity index (χ1n) is 7.24. The van der Waals surface area contributed by atoms with E-state index in [2.05, 4.69) is 31.0 Å². The molecule has 0 aliphatic carbocycles. The Bertz CT molecular complexity index is 246. The third-order valence-corrected chi connectivity index (χ3v) is 4.72. The Morgan fingerprint density at radius 2 is 2.29 bits per heavy atom. The summed E-state index contributed by atoms with van der Waals surface area (Å²) < 4.78 is 5.76. The van der Waals surface area contributed by atoms with Crippen molar-refractivity contribution in [2.75, 3.05) is 32.8 Å². The van der Waals surface area contributed by atoms with Gasteiger partial charge in [0.25, 0.3) is 0 Å². The molecule has 0 spiro atoms. The maximum absolute atomic E-state index is 5.76.